The number of hydrogen-bond donors (Lipinski definition) is 2. The summed E-state index contributed by atoms with van der Waals surface area (Å²) in [5, 5.41) is 0. The van der Waals surface area contributed by atoms with Gasteiger partial charge < -0.3 is 0 Å². The van der Waals surface area contributed by atoms with Crippen LogP contribution in [0.5, 0.6) is 0 Å². The minimum atomic E-state index is 0. The third-order valence-electron chi connectivity index (χ3n) is 1.01. The van der Waals surface area contributed by atoms with Crippen molar-refractivity contribution in [3.8, 4) is 0 Å². The van der Waals surface area contributed by atoms with Gasteiger partial charge in [-0.1, -0.05) is 21.3 Å². The molecule has 0 aliphatic carbocycles. The second kappa shape index (κ2) is 6.16. The van der Waals surface area contributed by atoms with Crippen molar-refractivity contribution in [2.45, 2.75) is 41.2 Å². The SMILES string of the molecule is C.CC(C)NNC(=O)C(C)C. The second-order valence-corrected chi connectivity index (χ2v) is 2.94. The van der Waals surface area contributed by atoms with Crippen molar-refractivity contribution in [2.24, 2.45) is 5.92 Å². The summed E-state index contributed by atoms with van der Waals surface area (Å²) < 4.78 is 0. The van der Waals surface area contributed by atoms with Crippen LogP contribution in [-0.2, 0) is 4.79 Å². The molecule has 1 amide bonds. The van der Waals surface area contributed by atoms with Crippen LogP contribution >= 0.6 is 0 Å². The van der Waals surface area contributed by atoms with Crippen molar-refractivity contribution < 1.29 is 4.79 Å². The van der Waals surface area contributed by atoms with Crippen LogP contribution in [-0.4, -0.2) is 11.9 Å². The first-order valence-electron chi connectivity index (χ1n) is 3.59. The molecule has 0 atom stereocenters. The number of amides is 1. The number of hydrogen-bond acceptors (Lipinski definition) is 2. The van der Waals surface area contributed by atoms with Crippen LogP contribution in [0.4, 0.5) is 0 Å². The molecule has 0 spiro atoms. The topological polar surface area (TPSA) is 41.1 Å². The van der Waals surface area contributed by atoms with Gasteiger partial charge in [0, 0.05) is 12.0 Å². The van der Waals surface area contributed by atoms with Gasteiger partial charge in [0.25, 0.3) is 0 Å². The van der Waals surface area contributed by atoms with E-state index in [0.29, 0.717) is 6.04 Å². The molecule has 0 aromatic heterocycles. The molecule has 0 saturated heterocycles. The van der Waals surface area contributed by atoms with E-state index in [1.807, 2.05) is 27.7 Å². The van der Waals surface area contributed by atoms with Gasteiger partial charge in [-0.2, -0.15) is 0 Å². The van der Waals surface area contributed by atoms with Crippen molar-refractivity contribution in [2.75, 3.05) is 0 Å². The highest BCUT2D eigenvalue weighted by Crippen LogP contribution is 1.88. The number of nitrogens with one attached hydrogen (secondary N) is 2. The van der Waals surface area contributed by atoms with E-state index in [2.05, 4.69) is 10.9 Å². The molecule has 0 aliphatic heterocycles. The maximum absolute atomic E-state index is 10.9. The first kappa shape index (κ1) is 13.1. The zero-order chi connectivity index (χ0) is 8.15. The fourth-order valence-corrected chi connectivity index (χ4v) is 0.360. The summed E-state index contributed by atoms with van der Waals surface area (Å²) in [5.41, 5.74) is 5.42. The smallest absolute Gasteiger partial charge is 0.236 e. The van der Waals surface area contributed by atoms with Gasteiger partial charge in [0.1, 0.15) is 0 Å². The Morgan fingerprint density at radius 2 is 1.64 bits per heavy atom. The lowest BCUT2D eigenvalue weighted by atomic mass is 10.2. The maximum atomic E-state index is 10.9. The molecule has 0 aromatic carbocycles. The minimum absolute atomic E-state index is 0. The van der Waals surface area contributed by atoms with Gasteiger partial charge in [0.05, 0.1) is 0 Å². The highest BCUT2D eigenvalue weighted by Gasteiger charge is 2.04. The van der Waals surface area contributed by atoms with Crippen molar-refractivity contribution in [3.05, 3.63) is 0 Å². The lowest BCUT2D eigenvalue weighted by Gasteiger charge is -2.11. The number of rotatable bonds is 3. The first-order chi connectivity index (χ1) is 4.54. The van der Waals surface area contributed by atoms with Crippen LogP contribution in [0.3, 0.4) is 0 Å². The molecule has 0 saturated carbocycles. The lowest BCUT2D eigenvalue weighted by molar-refractivity contribution is -0.125. The number of hydrazine groups is 1. The fourth-order valence-electron chi connectivity index (χ4n) is 0.360. The standard InChI is InChI=1S/C7H16N2O.CH4/c1-5(2)7(10)9-8-6(3)4;/h5-6,8H,1-4H3,(H,9,10);1H4. The summed E-state index contributed by atoms with van der Waals surface area (Å²) in [6.07, 6.45) is 0. The third-order valence-corrected chi connectivity index (χ3v) is 1.01. The van der Waals surface area contributed by atoms with Crippen molar-refractivity contribution >= 4 is 5.91 Å². The Hall–Kier alpha value is -0.570. The van der Waals surface area contributed by atoms with Crippen LogP contribution < -0.4 is 10.9 Å². The molecule has 0 aromatic rings. The van der Waals surface area contributed by atoms with Crippen molar-refractivity contribution in [3.63, 3.8) is 0 Å². The minimum Gasteiger partial charge on any atom is -0.291 e. The highest BCUT2D eigenvalue weighted by molar-refractivity contribution is 5.77. The van der Waals surface area contributed by atoms with Gasteiger partial charge in [-0.3, -0.25) is 10.2 Å². The van der Waals surface area contributed by atoms with Gasteiger partial charge in [0.15, 0.2) is 0 Å². The van der Waals surface area contributed by atoms with Gasteiger partial charge in [0.2, 0.25) is 5.91 Å². The maximum Gasteiger partial charge on any atom is 0.236 e. The van der Waals surface area contributed by atoms with E-state index < -0.39 is 0 Å². The molecule has 68 valence electrons. The Kier molecular flexibility index (Phi) is 7.31. The molecular weight excluding hydrogens is 140 g/mol. The van der Waals surface area contributed by atoms with Crippen molar-refractivity contribution in [1.82, 2.24) is 10.9 Å². The Labute approximate surface area is 69.5 Å². The molecule has 3 heteroatoms. The predicted octanol–water partition coefficient (Wildman–Crippen LogP) is 1.31. The van der Waals surface area contributed by atoms with Crippen LogP contribution in [0.2, 0.25) is 0 Å². The molecule has 0 heterocycles. The molecule has 0 fully saturated rings. The summed E-state index contributed by atoms with van der Waals surface area (Å²) >= 11 is 0. The predicted molar refractivity (Wildman–Crippen MR) is 48.0 cm³/mol. The summed E-state index contributed by atoms with van der Waals surface area (Å²) in [7, 11) is 0. The average molecular weight is 160 g/mol. The Morgan fingerprint density at radius 3 is 1.91 bits per heavy atom. The summed E-state index contributed by atoms with van der Waals surface area (Å²) in [6, 6.07) is 0.294. The summed E-state index contributed by atoms with van der Waals surface area (Å²) in [5.74, 6) is 0.0833. The third kappa shape index (κ3) is 7.33. The van der Waals surface area contributed by atoms with Crippen LogP contribution in [0.1, 0.15) is 35.1 Å². The molecule has 0 aliphatic rings. The molecule has 11 heavy (non-hydrogen) atoms. The van der Waals surface area contributed by atoms with Crippen molar-refractivity contribution in [1.29, 1.82) is 0 Å². The van der Waals surface area contributed by atoms with Crippen LogP contribution in [0.25, 0.3) is 0 Å². The zero-order valence-electron chi connectivity index (χ0n) is 7.06. The second-order valence-electron chi connectivity index (χ2n) is 2.94. The van der Waals surface area contributed by atoms with Crippen LogP contribution in [0, 0.1) is 5.92 Å². The molecule has 3 nitrogen and oxygen atoms in total. The van der Waals surface area contributed by atoms with Gasteiger partial charge in [-0.15, -0.1) is 0 Å². The van der Waals surface area contributed by atoms with E-state index in [1.165, 1.54) is 0 Å². The Bertz CT molecular complexity index is 111. The Balaban J connectivity index is 0. The monoisotopic (exact) mass is 160 g/mol. The van der Waals surface area contributed by atoms with Gasteiger partial charge in [-0.25, -0.2) is 5.43 Å². The van der Waals surface area contributed by atoms with E-state index >= 15 is 0 Å². The normalized spacial score (nSPS) is 9.64. The van der Waals surface area contributed by atoms with Gasteiger partial charge >= 0.3 is 0 Å². The molecule has 2 N–H and O–H groups in total. The molecule has 0 bridgehead atoms. The molecule has 0 rings (SSSR count). The molecule has 0 unspecified atom stereocenters. The largest absolute Gasteiger partial charge is 0.291 e. The lowest BCUT2D eigenvalue weighted by Crippen LogP contribution is -2.43. The Morgan fingerprint density at radius 1 is 1.18 bits per heavy atom. The van der Waals surface area contributed by atoms with E-state index in [9.17, 15) is 4.79 Å². The highest BCUT2D eigenvalue weighted by atomic mass is 16.2. The molecular formula is C8H20N2O. The molecule has 0 radical (unpaired) electrons. The average Bonchev–Trinajstić information content (AvgIpc) is 1.82. The first-order valence-corrected chi connectivity index (χ1v) is 3.59. The number of carbonyl (C=O) groups is 1. The van der Waals surface area contributed by atoms with E-state index in [1.54, 1.807) is 0 Å². The summed E-state index contributed by atoms with van der Waals surface area (Å²) in [6.45, 7) is 7.66. The quantitative estimate of drug-likeness (QED) is 0.611. The number of carbonyl (C=O) groups excluding carboxylic acids is 1. The van der Waals surface area contributed by atoms with E-state index in [-0.39, 0.29) is 19.3 Å². The van der Waals surface area contributed by atoms with Crippen LogP contribution in [0.15, 0.2) is 0 Å². The summed E-state index contributed by atoms with van der Waals surface area (Å²) in [4.78, 5) is 10.9. The van der Waals surface area contributed by atoms with E-state index in [4.69, 9.17) is 0 Å². The zero-order valence-corrected chi connectivity index (χ0v) is 7.06. The fraction of sp³-hybridized carbons (Fsp3) is 0.875. The van der Waals surface area contributed by atoms with Gasteiger partial charge in [-0.05, 0) is 13.8 Å². The van der Waals surface area contributed by atoms with E-state index in [0.717, 1.165) is 0 Å².